The molecule has 3 aromatic rings. The summed E-state index contributed by atoms with van der Waals surface area (Å²) in [5.74, 6) is -3.32. The molecule has 7 nitrogen and oxygen atoms in total. The van der Waals surface area contributed by atoms with E-state index in [9.17, 15) is 32.7 Å². The van der Waals surface area contributed by atoms with Crippen molar-refractivity contribution in [2.75, 3.05) is 6.54 Å². The second-order valence-corrected chi connectivity index (χ2v) is 8.23. The number of aliphatic carboxylic acids is 1. The Balaban J connectivity index is 2.03. The minimum absolute atomic E-state index is 0.0246. The fourth-order valence-corrected chi connectivity index (χ4v) is 3.64. The van der Waals surface area contributed by atoms with Gasteiger partial charge in [-0.15, -0.1) is 0 Å². The molecule has 11 heteroatoms. The second-order valence-electron chi connectivity index (χ2n) is 7.82. The summed E-state index contributed by atoms with van der Waals surface area (Å²) in [4.78, 5) is 36.7. The molecule has 3 N–H and O–H groups in total. The van der Waals surface area contributed by atoms with Gasteiger partial charge in [-0.1, -0.05) is 18.5 Å². The first-order valence-corrected chi connectivity index (χ1v) is 10.4. The molecule has 1 amide bonds. The Morgan fingerprint density at radius 1 is 1.15 bits per heavy atom. The smallest absolute Gasteiger partial charge is 0.416 e. The van der Waals surface area contributed by atoms with Crippen LogP contribution in [0.3, 0.4) is 0 Å². The molecule has 1 aromatic heterocycles. The van der Waals surface area contributed by atoms with Crippen molar-refractivity contribution in [2.45, 2.75) is 26.4 Å². The number of rotatable bonds is 6. The van der Waals surface area contributed by atoms with Crippen LogP contribution in [0.2, 0.25) is 5.02 Å². The van der Waals surface area contributed by atoms with E-state index in [1.807, 2.05) is 0 Å². The molecule has 2 aromatic carbocycles. The summed E-state index contributed by atoms with van der Waals surface area (Å²) in [5, 5.41) is 21.8. The number of carboxylic acids is 1. The maximum absolute atomic E-state index is 13.2. The molecular formula is C23H20ClF3N2O5. The summed E-state index contributed by atoms with van der Waals surface area (Å²) in [6.07, 6.45) is -4.79. The molecule has 1 atom stereocenters. The van der Waals surface area contributed by atoms with Crippen LogP contribution in [0, 0.1) is 12.8 Å². The van der Waals surface area contributed by atoms with Gasteiger partial charge in [-0.05, 0) is 48.9 Å². The van der Waals surface area contributed by atoms with Crippen LogP contribution in [-0.4, -0.2) is 39.1 Å². The minimum atomic E-state index is -4.55. The zero-order valence-electron chi connectivity index (χ0n) is 18.0. The molecular weight excluding hydrogens is 477 g/mol. The zero-order chi connectivity index (χ0) is 25.4. The predicted octanol–water partition coefficient (Wildman–Crippen LogP) is 4.40. The Labute approximate surface area is 196 Å². The summed E-state index contributed by atoms with van der Waals surface area (Å²) in [7, 11) is 0. The van der Waals surface area contributed by atoms with Gasteiger partial charge < -0.3 is 15.5 Å². The number of nitrogens with zero attached hydrogens (tertiary/aromatic N) is 1. The fourth-order valence-electron chi connectivity index (χ4n) is 3.48. The highest BCUT2D eigenvalue weighted by Crippen LogP contribution is 2.35. The Bertz CT molecular complexity index is 1280. The van der Waals surface area contributed by atoms with Gasteiger partial charge in [0.1, 0.15) is 5.75 Å². The first-order chi connectivity index (χ1) is 15.8. The van der Waals surface area contributed by atoms with E-state index in [0.717, 1.165) is 24.3 Å². The largest absolute Gasteiger partial charge is 0.506 e. The molecule has 0 bridgehead atoms. The van der Waals surface area contributed by atoms with Gasteiger partial charge >= 0.3 is 12.1 Å². The minimum Gasteiger partial charge on any atom is -0.506 e. The van der Waals surface area contributed by atoms with Crippen molar-refractivity contribution in [3.63, 3.8) is 0 Å². The van der Waals surface area contributed by atoms with E-state index in [1.165, 1.54) is 23.6 Å². The van der Waals surface area contributed by atoms with Crippen molar-refractivity contribution in [1.29, 1.82) is 0 Å². The van der Waals surface area contributed by atoms with Gasteiger partial charge in [0, 0.05) is 23.2 Å². The number of phenols is 1. The van der Waals surface area contributed by atoms with E-state index in [1.54, 1.807) is 6.92 Å². The van der Waals surface area contributed by atoms with Gasteiger partial charge in [-0.3, -0.25) is 19.0 Å². The highest BCUT2D eigenvalue weighted by Gasteiger charge is 2.30. The van der Waals surface area contributed by atoms with Crippen LogP contribution in [0.25, 0.3) is 10.9 Å². The van der Waals surface area contributed by atoms with Crippen LogP contribution in [0.15, 0.2) is 36.4 Å². The molecule has 0 aliphatic rings. The summed E-state index contributed by atoms with van der Waals surface area (Å²) in [6, 6.07) is 6.32. The number of carboxylic acid groups (broad SMARTS) is 1. The lowest BCUT2D eigenvalue weighted by molar-refractivity contribution is -0.141. The van der Waals surface area contributed by atoms with Gasteiger partial charge in [-0.25, -0.2) is 0 Å². The lowest BCUT2D eigenvalue weighted by atomic mass is 10.1. The maximum atomic E-state index is 13.2. The van der Waals surface area contributed by atoms with Crippen molar-refractivity contribution in [3.8, 4) is 5.75 Å². The Morgan fingerprint density at radius 3 is 2.32 bits per heavy atom. The number of carbonyl (C=O) groups is 3. The molecule has 180 valence electrons. The third kappa shape index (κ3) is 5.01. The topological polar surface area (TPSA) is 109 Å². The number of aromatic nitrogens is 1. The van der Waals surface area contributed by atoms with Gasteiger partial charge in [-0.2, -0.15) is 13.2 Å². The summed E-state index contributed by atoms with van der Waals surface area (Å²) >= 11 is 6.03. The average molecular weight is 497 g/mol. The molecule has 0 radical (unpaired) electrons. The monoisotopic (exact) mass is 496 g/mol. The number of nitrogens with one attached hydrogen (secondary N) is 1. The number of benzene rings is 2. The van der Waals surface area contributed by atoms with Crippen LogP contribution in [0.5, 0.6) is 5.75 Å². The van der Waals surface area contributed by atoms with Crippen molar-refractivity contribution >= 4 is 40.3 Å². The van der Waals surface area contributed by atoms with Gasteiger partial charge in [0.2, 0.25) is 5.91 Å². The number of aromatic hydroxyl groups is 1. The SMILES string of the molecule is Cc1c(CC(=O)NCC(C)C(=O)O)c2cc(O)c(Cl)cc2n1C(=O)c1ccc(C(F)(F)F)cc1. The summed E-state index contributed by atoms with van der Waals surface area (Å²) in [5.41, 5.74) is 0.0279. The summed E-state index contributed by atoms with van der Waals surface area (Å²) in [6.45, 7) is 2.88. The second kappa shape index (κ2) is 9.38. The molecule has 1 heterocycles. The molecule has 3 rings (SSSR count). The molecule has 0 aliphatic carbocycles. The van der Waals surface area contributed by atoms with Crippen molar-refractivity contribution in [3.05, 3.63) is 63.8 Å². The number of fused-ring (bicyclic) bond motifs is 1. The van der Waals surface area contributed by atoms with E-state index in [-0.39, 0.29) is 34.8 Å². The molecule has 0 fully saturated rings. The highest BCUT2D eigenvalue weighted by molar-refractivity contribution is 6.33. The van der Waals surface area contributed by atoms with E-state index >= 15 is 0 Å². The Morgan fingerprint density at radius 2 is 1.76 bits per heavy atom. The highest BCUT2D eigenvalue weighted by atomic mass is 35.5. The van der Waals surface area contributed by atoms with Crippen molar-refractivity contribution < 1.29 is 37.8 Å². The number of halogens is 4. The van der Waals surface area contributed by atoms with Gasteiger partial charge in [0.15, 0.2) is 0 Å². The first kappa shape index (κ1) is 25.1. The van der Waals surface area contributed by atoms with Crippen LogP contribution >= 0.6 is 11.6 Å². The lowest BCUT2D eigenvalue weighted by Crippen LogP contribution is -2.32. The standard InChI is InChI=1S/C23H20ClF3N2O5/c1-11(22(33)34)10-28-20(31)8-15-12(2)29(18-9-17(24)19(30)7-16(15)18)21(32)13-3-5-14(6-4-13)23(25,26)27/h3-7,9,11,30H,8,10H2,1-2H3,(H,28,31)(H,33,34). The number of phenolic OH excluding ortho intramolecular Hbond substituents is 1. The molecule has 0 saturated heterocycles. The molecule has 0 saturated carbocycles. The van der Waals surface area contributed by atoms with E-state index in [4.69, 9.17) is 16.7 Å². The fraction of sp³-hybridized carbons (Fsp3) is 0.261. The Kier molecular flexibility index (Phi) is 6.92. The normalized spacial score (nSPS) is 12.5. The zero-order valence-corrected chi connectivity index (χ0v) is 18.8. The molecule has 1 unspecified atom stereocenters. The van der Waals surface area contributed by atoms with Crippen LogP contribution in [0.1, 0.15) is 34.1 Å². The number of carbonyl (C=O) groups excluding carboxylic acids is 2. The average Bonchev–Trinajstić information content (AvgIpc) is 3.01. The van der Waals surface area contributed by atoms with E-state index < -0.39 is 35.4 Å². The molecule has 34 heavy (non-hydrogen) atoms. The third-order valence-corrected chi connectivity index (χ3v) is 5.73. The van der Waals surface area contributed by atoms with Crippen LogP contribution in [-0.2, 0) is 22.2 Å². The van der Waals surface area contributed by atoms with Gasteiger partial charge in [0.05, 0.1) is 28.4 Å². The number of amides is 1. The first-order valence-electron chi connectivity index (χ1n) is 10.0. The quantitative estimate of drug-likeness (QED) is 0.469. The number of alkyl halides is 3. The Hall–Kier alpha value is -3.53. The molecule has 0 spiro atoms. The molecule has 0 aliphatic heterocycles. The number of hydrogen-bond donors (Lipinski definition) is 3. The van der Waals surface area contributed by atoms with E-state index in [2.05, 4.69) is 5.32 Å². The summed E-state index contributed by atoms with van der Waals surface area (Å²) < 4.78 is 39.9. The third-order valence-electron chi connectivity index (χ3n) is 5.43. The van der Waals surface area contributed by atoms with Gasteiger partial charge in [0.25, 0.3) is 5.91 Å². The van der Waals surface area contributed by atoms with Crippen molar-refractivity contribution in [2.24, 2.45) is 5.92 Å². The van der Waals surface area contributed by atoms with E-state index in [0.29, 0.717) is 16.6 Å². The maximum Gasteiger partial charge on any atom is 0.416 e. The predicted molar refractivity (Wildman–Crippen MR) is 118 cm³/mol. The van der Waals surface area contributed by atoms with Crippen LogP contribution in [0.4, 0.5) is 13.2 Å². The van der Waals surface area contributed by atoms with Crippen LogP contribution < -0.4 is 5.32 Å². The van der Waals surface area contributed by atoms with Crippen molar-refractivity contribution in [1.82, 2.24) is 9.88 Å². The lowest BCUT2D eigenvalue weighted by Gasteiger charge is -2.10. The number of hydrogen-bond acceptors (Lipinski definition) is 4.